The fourth-order valence-corrected chi connectivity index (χ4v) is 3.66. The van der Waals surface area contributed by atoms with Crippen LogP contribution in [-0.2, 0) is 20.1 Å². The largest absolute Gasteiger partial charge is 6.00 e. The van der Waals surface area contributed by atoms with Gasteiger partial charge in [-0.2, -0.15) is 31.6 Å². The first kappa shape index (κ1) is 50.8. The second-order valence-electron chi connectivity index (χ2n) is 10.6. The van der Waals surface area contributed by atoms with Gasteiger partial charge in [-0.25, -0.2) is 29.1 Å². The average molecular weight is 867 g/mol. The zero-order valence-corrected chi connectivity index (χ0v) is 33.5. The minimum absolute atomic E-state index is 0. The minimum Gasteiger partial charge on any atom is -0.238 e. The zero-order valence-electron chi connectivity index (χ0n) is 31.6. The molecule has 0 aliphatic carbocycles. The van der Waals surface area contributed by atoms with Crippen LogP contribution in [0.1, 0.15) is 33.4 Å². The smallest absolute Gasteiger partial charge is 0.238 e. The Hall–Kier alpha value is -10.2. The van der Waals surface area contributed by atoms with E-state index in [9.17, 15) is 0 Å². The van der Waals surface area contributed by atoms with Gasteiger partial charge >= 0.3 is 20.1 Å². The maximum atomic E-state index is 8.37. The summed E-state index contributed by atoms with van der Waals surface area (Å²) in [7, 11) is 0. The number of hydrogen-bond acceptors (Lipinski definition) is 6. The van der Waals surface area contributed by atoms with Crippen molar-refractivity contribution >= 4 is 34.1 Å². The van der Waals surface area contributed by atoms with Gasteiger partial charge in [-0.15, -0.1) is 0 Å². The van der Waals surface area contributed by atoms with Gasteiger partial charge in [0.05, 0.1) is 75.8 Å². The minimum atomic E-state index is 0. The van der Waals surface area contributed by atoms with Gasteiger partial charge in [-0.1, -0.05) is 146 Å². The van der Waals surface area contributed by atoms with Crippen LogP contribution in [0.15, 0.2) is 146 Å². The van der Waals surface area contributed by atoms with Crippen LogP contribution in [0.5, 0.6) is 0 Å². The van der Waals surface area contributed by atoms with Crippen molar-refractivity contribution in [3.05, 3.63) is 247 Å². The molecule has 0 heterocycles. The summed E-state index contributed by atoms with van der Waals surface area (Å²) in [6, 6.07) is 51.0. The Morgan fingerprint density at radius 1 is 0.230 bits per heavy atom. The fraction of sp³-hybridized carbons (Fsp3) is 0. The normalized spacial score (nSPS) is 7.67. The first-order valence-corrected chi connectivity index (χ1v) is 16.5. The molecule has 61 heavy (non-hydrogen) atoms. The van der Waals surface area contributed by atoms with Crippen molar-refractivity contribution in [2.75, 3.05) is 0 Å². The quantitative estimate of drug-likeness (QED) is 0.138. The Morgan fingerprint density at radius 3 is 0.393 bits per heavy atom. The standard InChI is InChI=1S/6C8H4N2.Tc/c6*1-10-8-4-2-7(6-9)3-5-8;/h6*2-5H;/q;;;;;;+6. The maximum absolute atomic E-state index is 8.37. The molecule has 277 valence electrons. The molecule has 6 aromatic carbocycles. The molecule has 13 heteroatoms. The van der Waals surface area contributed by atoms with E-state index >= 15 is 0 Å². The van der Waals surface area contributed by atoms with Crippen LogP contribution in [0, 0.1) is 107 Å². The Balaban J connectivity index is 0.000000706. The number of nitriles is 6. The van der Waals surface area contributed by atoms with E-state index in [0.717, 1.165) is 0 Å². The predicted molar refractivity (Wildman–Crippen MR) is 225 cm³/mol. The summed E-state index contributed by atoms with van der Waals surface area (Å²) in [4.78, 5) is 19.1. The molecule has 0 aliphatic rings. The van der Waals surface area contributed by atoms with Crippen LogP contribution >= 0.6 is 0 Å². The number of rotatable bonds is 0. The van der Waals surface area contributed by atoms with E-state index in [1.54, 1.807) is 146 Å². The zero-order chi connectivity index (χ0) is 44.4. The van der Waals surface area contributed by atoms with Gasteiger partial charge in [-0.05, 0) is 0 Å². The summed E-state index contributed by atoms with van der Waals surface area (Å²) < 4.78 is 0. The summed E-state index contributed by atoms with van der Waals surface area (Å²) in [6.45, 7) is 39.7. The van der Waals surface area contributed by atoms with E-state index in [1.807, 2.05) is 36.4 Å². The van der Waals surface area contributed by atoms with Crippen LogP contribution in [-0.4, -0.2) is 0 Å². The molecule has 6 aromatic rings. The molecule has 12 nitrogen and oxygen atoms in total. The maximum Gasteiger partial charge on any atom is 6.00 e. The van der Waals surface area contributed by atoms with Crippen LogP contribution in [0.3, 0.4) is 0 Å². The van der Waals surface area contributed by atoms with Crippen molar-refractivity contribution in [3.8, 4) is 36.4 Å². The van der Waals surface area contributed by atoms with Gasteiger partial charge < -0.3 is 0 Å². The van der Waals surface area contributed by atoms with E-state index in [0.29, 0.717) is 67.5 Å². The molecule has 0 unspecified atom stereocenters. The number of benzene rings is 6. The second kappa shape index (κ2) is 31.1. The Bertz CT molecular complexity index is 2120. The fourth-order valence-electron chi connectivity index (χ4n) is 3.66. The number of nitrogens with zero attached hydrogens (tertiary/aromatic N) is 12. The van der Waals surface area contributed by atoms with Crippen LogP contribution in [0.25, 0.3) is 29.1 Å². The molecule has 0 atom stereocenters. The number of hydrogen-bond donors (Lipinski definition) is 0. The molecule has 0 N–H and O–H groups in total. The van der Waals surface area contributed by atoms with Crippen molar-refractivity contribution in [2.45, 2.75) is 0 Å². The third-order valence-corrected chi connectivity index (χ3v) is 6.75. The van der Waals surface area contributed by atoms with Crippen LogP contribution in [0.2, 0.25) is 0 Å². The molecule has 0 aromatic heterocycles. The molecule has 6 rings (SSSR count). The molecule has 0 saturated heterocycles. The van der Waals surface area contributed by atoms with Gasteiger partial charge in [0.2, 0.25) is 0 Å². The topological polar surface area (TPSA) is 169 Å². The van der Waals surface area contributed by atoms with E-state index in [4.69, 9.17) is 71.0 Å². The van der Waals surface area contributed by atoms with Crippen molar-refractivity contribution in [2.24, 2.45) is 0 Å². The van der Waals surface area contributed by atoms with Crippen LogP contribution in [0.4, 0.5) is 34.1 Å². The van der Waals surface area contributed by atoms with Crippen molar-refractivity contribution in [1.29, 1.82) is 31.6 Å². The van der Waals surface area contributed by atoms with Gasteiger partial charge in [0.1, 0.15) is 0 Å². The van der Waals surface area contributed by atoms with Gasteiger partial charge in [0.15, 0.2) is 34.1 Å². The van der Waals surface area contributed by atoms with Crippen molar-refractivity contribution in [1.82, 2.24) is 0 Å². The molecule has 0 amide bonds. The molecule has 0 fully saturated rings. The summed E-state index contributed by atoms with van der Waals surface area (Å²) in [5.41, 5.74) is 6.95. The first-order chi connectivity index (χ1) is 29.2. The van der Waals surface area contributed by atoms with Crippen LogP contribution < -0.4 is 0 Å². The summed E-state index contributed by atoms with van der Waals surface area (Å²) in [5, 5.41) is 50.2. The monoisotopic (exact) mass is 865 g/mol. The molecular weight excluding hydrogens is 843 g/mol. The molecule has 1 radical (unpaired) electrons. The van der Waals surface area contributed by atoms with Gasteiger partial charge in [0.25, 0.3) is 0 Å². The Morgan fingerprint density at radius 2 is 0.328 bits per heavy atom. The van der Waals surface area contributed by atoms with E-state index in [-0.39, 0.29) is 20.1 Å². The summed E-state index contributed by atoms with van der Waals surface area (Å²) in [5.74, 6) is 0. The summed E-state index contributed by atoms with van der Waals surface area (Å²) in [6.07, 6.45) is 0. The Labute approximate surface area is 368 Å². The van der Waals surface area contributed by atoms with Gasteiger partial charge in [0, 0.05) is 33.4 Å². The molecule has 0 saturated carbocycles. The predicted octanol–water partition coefficient (Wildman–Crippen LogP) is 12.7. The summed E-state index contributed by atoms with van der Waals surface area (Å²) >= 11 is 0. The van der Waals surface area contributed by atoms with Crippen molar-refractivity contribution < 1.29 is 20.1 Å². The first-order valence-electron chi connectivity index (χ1n) is 16.5. The third-order valence-electron chi connectivity index (χ3n) is 6.75. The second-order valence-corrected chi connectivity index (χ2v) is 10.6. The van der Waals surface area contributed by atoms with E-state index < -0.39 is 0 Å². The SMILES string of the molecule is [C-]#[N+]c1ccc(C#N)cc1.[C-]#[N+]c1ccc(C#N)cc1.[C-]#[N+]c1ccc(C#N)cc1.[C-]#[N+]c1ccc(C#N)cc1.[C-]#[N+]c1ccc(C#N)cc1.[C-]#[N+]c1ccc(C#N)cc1.[Tc+6]. The molecule has 0 spiro atoms. The van der Waals surface area contributed by atoms with Gasteiger partial charge in [-0.3, -0.25) is 0 Å². The third kappa shape index (κ3) is 20.9. The molecular formula is C48H24N12Tc+6. The molecule has 0 aliphatic heterocycles. The Kier molecular flexibility index (Phi) is 25.9. The van der Waals surface area contributed by atoms with E-state index in [2.05, 4.69) is 29.1 Å². The van der Waals surface area contributed by atoms with Crippen molar-refractivity contribution in [3.63, 3.8) is 0 Å². The van der Waals surface area contributed by atoms with E-state index in [1.165, 1.54) is 0 Å². The average Bonchev–Trinajstić information content (AvgIpc) is 3.35. The molecule has 0 bridgehead atoms.